The van der Waals surface area contributed by atoms with E-state index in [1.807, 2.05) is 0 Å². The topological polar surface area (TPSA) is 64.4 Å². The molecular weight excluding hydrogens is 302 g/mol. The summed E-state index contributed by atoms with van der Waals surface area (Å²) >= 11 is 0.446. The number of halogens is 2. The van der Waals surface area contributed by atoms with Gasteiger partial charge >= 0.3 is 0 Å². The summed E-state index contributed by atoms with van der Waals surface area (Å²) in [7, 11) is 0. The SMILES string of the molecule is Cc1cc(OCC(=O)Nc2ccc(SC(F)F)cc2)no1. The lowest BCUT2D eigenvalue weighted by molar-refractivity contribution is -0.118. The minimum absolute atomic E-state index is 0.223. The Kier molecular flexibility index (Phi) is 5.15. The molecule has 0 aliphatic carbocycles. The number of thioether (sulfide) groups is 1. The summed E-state index contributed by atoms with van der Waals surface area (Å²) < 4.78 is 34.2. The Morgan fingerprint density at radius 2 is 2.14 bits per heavy atom. The molecule has 0 atom stereocenters. The van der Waals surface area contributed by atoms with Gasteiger partial charge in [0.2, 0.25) is 0 Å². The number of carbonyl (C=O) groups is 1. The van der Waals surface area contributed by atoms with E-state index in [1.165, 1.54) is 12.1 Å². The van der Waals surface area contributed by atoms with E-state index in [9.17, 15) is 13.6 Å². The number of nitrogens with one attached hydrogen (secondary N) is 1. The maximum Gasteiger partial charge on any atom is 0.288 e. The number of ether oxygens (including phenoxy) is 1. The average Bonchev–Trinajstić information content (AvgIpc) is 2.84. The van der Waals surface area contributed by atoms with Crippen molar-refractivity contribution < 1.29 is 22.8 Å². The minimum atomic E-state index is -2.47. The van der Waals surface area contributed by atoms with Crippen LogP contribution in [-0.4, -0.2) is 23.4 Å². The van der Waals surface area contributed by atoms with Crippen LogP contribution in [-0.2, 0) is 4.79 Å². The number of rotatable bonds is 6. The van der Waals surface area contributed by atoms with Gasteiger partial charge in [0.25, 0.3) is 17.5 Å². The maximum atomic E-state index is 12.2. The molecule has 0 spiro atoms. The molecule has 1 aromatic carbocycles. The molecule has 1 aromatic heterocycles. The molecule has 0 aliphatic heterocycles. The molecule has 5 nitrogen and oxygen atoms in total. The fourth-order valence-electron chi connectivity index (χ4n) is 1.47. The monoisotopic (exact) mass is 314 g/mol. The summed E-state index contributed by atoms with van der Waals surface area (Å²) in [6, 6.07) is 7.66. The van der Waals surface area contributed by atoms with Crippen molar-refractivity contribution in [2.24, 2.45) is 0 Å². The Balaban J connectivity index is 1.82. The van der Waals surface area contributed by atoms with Gasteiger partial charge in [-0.25, -0.2) is 0 Å². The van der Waals surface area contributed by atoms with Crippen LogP contribution in [0.4, 0.5) is 14.5 Å². The highest BCUT2D eigenvalue weighted by Crippen LogP contribution is 2.26. The van der Waals surface area contributed by atoms with E-state index in [4.69, 9.17) is 9.26 Å². The lowest BCUT2D eigenvalue weighted by atomic mass is 10.3. The van der Waals surface area contributed by atoms with Crippen molar-refractivity contribution in [3.8, 4) is 5.88 Å². The molecule has 21 heavy (non-hydrogen) atoms. The number of benzene rings is 1. The number of aryl methyl sites for hydroxylation is 1. The molecule has 0 fully saturated rings. The first-order valence-electron chi connectivity index (χ1n) is 5.94. The van der Waals surface area contributed by atoms with Gasteiger partial charge in [-0.15, -0.1) is 0 Å². The Labute approximate surface area is 123 Å². The highest BCUT2D eigenvalue weighted by atomic mass is 32.2. The van der Waals surface area contributed by atoms with Crippen molar-refractivity contribution in [1.82, 2.24) is 5.16 Å². The van der Waals surface area contributed by atoms with E-state index in [1.54, 1.807) is 25.1 Å². The van der Waals surface area contributed by atoms with Crippen molar-refractivity contribution >= 4 is 23.4 Å². The Bertz CT molecular complexity index is 602. The van der Waals surface area contributed by atoms with Gasteiger partial charge in [0.1, 0.15) is 5.76 Å². The van der Waals surface area contributed by atoms with Gasteiger partial charge in [-0.1, -0.05) is 11.8 Å². The van der Waals surface area contributed by atoms with Crippen LogP contribution in [0.15, 0.2) is 39.8 Å². The van der Waals surface area contributed by atoms with Crippen molar-refractivity contribution in [2.45, 2.75) is 17.6 Å². The normalized spacial score (nSPS) is 10.7. The maximum absolute atomic E-state index is 12.2. The van der Waals surface area contributed by atoms with E-state index >= 15 is 0 Å². The zero-order valence-electron chi connectivity index (χ0n) is 11.0. The second-order valence-corrected chi connectivity index (χ2v) is 5.08. The molecule has 0 saturated carbocycles. The van der Waals surface area contributed by atoms with Crippen LogP contribution in [0.1, 0.15) is 5.76 Å². The summed E-state index contributed by atoms with van der Waals surface area (Å²) in [6.07, 6.45) is 0. The van der Waals surface area contributed by atoms with E-state index in [-0.39, 0.29) is 18.4 Å². The Hall–Kier alpha value is -2.09. The molecule has 0 bridgehead atoms. The predicted octanol–water partition coefficient (Wildman–Crippen LogP) is 3.32. The predicted molar refractivity (Wildman–Crippen MR) is 73.7 cm³/mol. The van der Waals surface area contributed by atoms with Crippen LogP contribution < -0.4 is 10.1 Å². The van der Waals surface area contributed by atoms with Crippen molar-refractivity contribution in [3.63, 3.8) is 0 Å². The van der Waals surface area contributed by atoms with E-state index in [2.05, 4.69) is 10.5 Å². The van der Waals surface area contributed by atoms with Gasteiger partial charge < -0.3 is 14.6 Å². The molecule has 1 N–H and O–H groups in total. The number of hydrogen-bond acceptors (Lipinski definition) is 5. The summed E-state index contributed by atoms with van der Waals surface area (Å²) in [6.45, 7) is 1.48. The first-order valence-corrected chi connectivity index (χ1v) is 6.82. The quantitative estimate of drug-likeness (QED) is 0.829. The summed E-state index contributed by atoms with van der Waals surface area (Å²) in [5.41, 5.74) is 0.499. The molecule has 2 rings (SSSR count). The number of amides is 1. The van der Waals surface area contributed by atoms with Gasteiger partial charge in [0, 0.05) is 16.6 Å². The summed E-state index contributed by atoms with van der Waals surface area (Å²) in [4.78, 5) is 12.1. The Morgan fingerprint density at radius 1 is 1.43 bits per heavy atom. The molecule has 0 unspecified atom stereocenters. The molecule has 8 heteroatoms. The van der Waals surface area contributed by atoms with Crippen LogP contribution in [0, 0.1) is 6.92 Å². The number of aromatic nitrogens is 1. The van der Waals surface area contributed by atoms with Crippen molar-refractivity contribution in [1.29, 1.82) is 0 Å². The molecule has 0 aliphatic rings. The fraction of sp³-hybridized carbons (Fsp3) is 0.231. The van der Waals surface area contributed by atoms with E-state index < -0.39 is 5.76 Å². The molecule has 1 heterocycles. The Morgan fingerprint density at radius 3 is 2.71 bits per heavy atom. The highest BCUT2D eigenvalue weighted by Gasteiger charge is 2.08. The first-order chi connectivity index (χ1) is 10.0. The minimum Gasteiger partial charge on any atom is -0.465 e. The lowest BCUT2D eigenvalue weighted by Gasteiger charge is -2.06. The number of hydrogen-bond donors (Lipinski definition) is 1. The zero-order chi connectivity index (χ0) is 15.2. The number of nitrogens with zero attached hydrogens (tertiary/aromatic N) is 1. The summed E-state index contributed by atoms with van der Waals surface area (Å²) in [5, 5.41) is 6.16. The van der Waals surface area contributed by atoms with Crippen LogP contribution >= 0.6 is 11.8 Å². The van der Waals surface area contributed by atoms with Crippen LogP contribution in [0.25, 0.3) is 0 Å². The van der Waals surface area contributed by atoms with Crippen molar-refractivity contribution in [3.05, 3.63) is 36.1 Å². The number of alkyl halides is 2. The van der Waals surface area contributed by atoms with Gasteiger partial charge in [-0.3, -0.25) is 4.79 Å². The standard InChI is InChI=1S/C13H12F2N2O3S/c1-8-6-12(17-20-8)19-7-11(18)16-9-2-4-10(5-3-9)21-13(14)15/h2-6,13H,7H2,1H3,(H,16,18). The molecular formula is C13H12F2N2O3S. The number of anilines is 1. The lowest BCUT2D eigenvalue weighted by Crippen LogP contribution is -2.20. The average molecular weight is 314 g/mol. The van der Waals surface area contributed by atoms with Gasteiger partial charge in [-0.2, -0.15) is 8.78 Å². The largest absolute Gasteiger partial charge is 0.465 e. The first kappa shape index (κ1) is 15.3. The molecule has 0 saturated heterocycles. The fourth-order valence-corrected chi connectivity index (χ4v) is 1.97. The van der Waals surface area contributed by atoms with Gasteiger partial charge in [0.05, 0.1) is 0 Å². The molecule has 112 valence electrons. The smallest absolute Gasteiger partial charge is 0.288 e. The van der Waals surface area contributed by atoms with E-state index in [0.29, 0.717) is 28.1 Å². The van der Waals surface area contributed by atoms with Crippen LogP contribution in [0.2, 0.25) is 0 Å². The van der Waals surface area contributed by atoms with E-state index in [0.717, 1.165) is 0 Å². The second kappa shape index (κ2) is 7.07. The van der Waals surface area contributed by atoms with Gasteiger partial charge in [0.15, 0.2) is 6.61 Å². The zero-order valence-corrected chi connectivity index (χ0v) is 11.8. The highest BCUT2D eigenvalue weighted by molar-refractivity contribution is 7.99. The third-order valence-corrected chi connectivity index (χ3v) is 3.04. The third-order valence-electron chi connectivity index (χ3n) is 2.32. The van der Waals surface area contributed by atoms with Crippen molar-refractivity contribution in [2.75, 3.05) is 11.9 Å². The van der Waals surface area contributed by atoms with Crippen LogP contribution in [0.5, 0.6) is 5.88 Å². The third kappa shape index (κ3) is 5.07. The summed E-state index contributed by atoms with van der Waals surface area (Å²) in [5.74, 6) is -2.04. The van der Waals surface area contributed by atoms with Crippen LogP contribution in [0.3, 0.4) is 0 Å². The number of carbonyl (C=O) groups excluding carboxylic acids is 1. The molecule has 1 amide bonds. The molecule has 2 aromatic rings. The molecule has 0 radical (unpaired) electrons. The second-order valence-electron chi connectivity index (χ2n) is 4.02. The van der Waals surface area contributed by atoms with Gasteiger partial charge in [-0.05, 0) is 36.3 Å².